The van der Waals surface area contributed by atoms with Crippen LogP contribution < -0.4 is 4.74 Å². The van der Waals surface area contributed by atoms with Crippen molar-refractivity contribution >= 4 is 16.0 Å². The number of halogens is 4. The lowest BCUT2D eigenvalue weighted by Crippen LogP contribution is -2.33. The van der Waals surface area contributed by atoms with Crippen molar-refractivity contribution in [3.05, 3.63) is 130 Å². The minimum absolute atomic E-state index is 0.0148. The SMILES string of the molecule is COC(=O)c1cc(S(=O)(=O)N(CCc2ccc(OCc3ccc(F)c(F)c3)cc2)Cc2ccc(F)c(F)c2)ccc1C. The van der Waals surface area contributed by atoms with E-state index in [0.29, 0.717) is 16.9 Å². The zero-order chi connectivity index (χ0) is 30.4. The first-order valence-corrected chi connectivity index (χ1v) is 14.2. The fraction of sp³-hybridized carbons (Fsp3) is 0.194. The van der Waals surface area contributed by atoms with Gasteiger partial charge in [0, 0.05) is 13.1 Å². The van der Waals surface area contributed by atoms with Gasteiger partial charge in [0.2, 0.25) is 10.0 Å². The van der Waals surface area contributed by atoms with Gasteiger partial charge in [-0.2, -0.15) is 4.31 Å². The van der Waals surface area contributed by atoms with Crippen LogP contribution >= 0.6 is 0 Å². The van der Waals surface area contributed by atoms with Crippen molar-refractivity contribution in [1.29, 1.82) is 0 Å². The molecule has 0 saturated carbocycles. The van der Waals surface area contributed by atoms with Gasteiger partial charge in [0.15, 0.2) is 23.3 Å². The van der Waals surface area contributed by atoms with Crippen molar-refractivity contribution in [2.45, 2.75) is 31.4 Å². The van der Waals surface area contributed by atoms with E-state index in [4.69, 9.17) is 9.47 Å². The maximum Gasteiger partial charge on any atom is 0.338 e. The number of hydrogen-bond acceptors (Lipinski definition) is 5. The molecular formula is C31H27F4NO5S. The van der Waals surface area contributed by atoms with Crippen LogP contribution in [0.4, 0.5) is 17.6 Å². The highest BCUT2D eigenvalue weighted by Gasteiger charge is 2.27. The summed E-state index contributed by atoms with van der Waals surface area (Å²) in [6, 6.07) is 17.5. The molecule has 220 valence electrons. The molecule has 0 N–H and O–H groups in total. The third-order valence-corrected chi connectivity index (χ3v) is 8.40. The number of rotatable bonds is 11. The average molecular weight is 602 g/mol. The van der Waals surface area contributed by atoms with Crippen molar-refractivity contribution in [3.8, 4) is 5.75 Å². The van der Waals surface area contributed by atoms with E-state index >= 15 is 0 Å². The van der Waals surface area contributed by atoms with Gasteiger partial charge in [-0.1, -0.05) is 30.3 Å². The summed E-state index contributed by atoms with van der Waals surface area (Å²) in [4.78, 5) is 12.0. The summed E-state index contributed by atoms with van der Waals surface area (Å²) >= 11 is 0. The number of ether oxygens (including phenoxy) is 2. The molecular weight excluding hydrogens is 574 g/mol. The van der Waals surface area contributed by atoms with Gasteiger partial charge < -0.3 is 9.47 Å². The first kappa shape index (κ1) is 30.7. The number of benzene rings is 4. The third-order valence-electron chi connectivity index (χ3n) is 6.56. The summed E-state index contributed by atoms with van der Waals surface area (Å²) in [5, 5.41) is 0. The van der Waals surface area contributed by atoms with Crippen LogP contribution in [0.2, 0.25) is 0 Å². The molecule has 0 aromatic heterocycles. The molecule has 0 heterocycles. The second-order valence-electron chi connectivity index (χ2n) is 9.49. The summed E-state index contributed by atoms with van der Waals surface area (Å²) < 4.78 is 93.0. The Labute approximate surface area is 241 Å². The van der Waals surface area contributed by atoms with Crippen molar-refractivity contribution in [3.63, 3.8) is 0 Å². The smallest absolute Gasteiger partial charge is 0.338 e. The largest absolute Gasteiger partial charge is 0.489 e. The van der Waals surface area contributed by atoms with E-state index in [1.165, 1.54) is 37.4 Å². The third kappa shape index (κ3) is 7.34. The number of carbonyl (C=O) groups is 1. The molecule has 0 aliphatic rings. The molecule has 4 aromatic rings. The Morgan fingerprint density at radius 3 is 1.98 bits per heavy atom. The van der Waals surface area contributed by atoms with Crippen LogP contribution in [-0.4, -0.2) is 32.3 Å². The topological polar surface area (TPSA) is 72.9 Å². The van der Waals surface area contributed by atoms with Crippen LogP contribution in [0.5, 0.6) is 5.75 Å². The fourth-order valence-corrected chi connectivity index (χ4v) is 5.62. The monoisotopic (exact) mass is 601 g/mol. The van der Waals surface area contributed by atoms with Crippen LogP contribution in [-0.2, 0) is 34.3 Å². The van der Waals surface area contributed by atoms with Crippen molar-refractivity contribution < 1.29 is 40.2 Å². The summed E-state index contributed by atoms with van der Waals surface area (Å²) in [7, 11) is -3.01. The van der Waals surface area contributed by atoms with Gasteiger partial charge in [0.05, 0.1) is 17.6 Å². The molecule has 11 heteroatoms. The summed E-state index contributed by atoms with van der Waals surface area (Å²) in [6.07, 6.45) is 0.252. The maximum atomic E-state index is 13.9. The molecule has 6 nitrogen and oxygen atoms in total. The standard InChI is InChI=1S/C31H27F4NO5S/c1-20-3-10-25(17-26(20)31(37)40-2)42(38,39)36(18-22-6-11-27(32)29(34)15-22)14-13-21-4-8-24(9-5-21)41-19-23-7-12-28(33)30(35)16-23/h3-12,15-17H,13-14,18-19H2,1-2H3. The minimum atomic E-state index is -4.20. The Hall–Kier alpha value is -4.22. The second-order valence-corrected chi connectivity index (χ2v) is 11.4. The Morgan fingerprint density at radius 2 is 1.36 bits per heavy atom. The zero-order valence-corrected chi connectivity index (χ0v) is 23.6. The molecule has 42 heavy (non-hydrogen) atoms. The Balaban J connectivity index is 1.53. The molecule has 0 bridgehead atoms. The van der Waals surface area contributed by atoms with Crippen LogP contribution in [0.25, 0.3) is 0 Å². The molecule has 0 fully saturated rings. The maximum absolute atomic E-state index is 13.9. The molecule has 0 amide bonds. The number of methoxy groups -OCH3 is 1. The molecule has 4 aromatic carbocycles. The van der Waals surface area contributed by atoms with E-state index in [1.54, 1.807) is 31.2 Å². The number of aryl methyl sites for hydroxylation is 1. The molecule has 0 atom stereocenters. The molecule has 0 unspecified atom stereocenters. The van der Waals surface area contributed by atoms with Gasteiger partial charge in [-0.05, 0) is 84.1 Å². The van der Waals surface area contributed by atoms with Crippen LogP contribution in [0.3, 0.4) is 0 Å². The van der Waals surface area contributed by atoms with Crippen LogP contribution in [0.15, 0.2) is 83.8 Å². The molecule has 0 aliphatic heterocycles. The van der Waals surface area contributed by atoms with E-state index in [-0.39, 0.29) is 42.1 Å². The quantitative estimate of drug-likeness (QED) is 0.148. The molecule has 4 rings (SSSR count). The number of nitrogens with zero attached hydrogens (tertiary/aromatic N) is 1. The van der Waals surface area contributed by atoms with Gasteiger partial charge in [0.25, 0.3) is 0 Å². The number of sulfonamides is 1. The molecule has 0 saturated heterocycles. The van der Waals surface area contributed by atoms with Gasteiger partial charge in [-0.25, -0.2) is 30.8 Å². The number of carbonyl (C=O) groups excluding carboxylic acids is 1. The van der Waals surface area contributed by atoms with E-state index in [9.17, 15) is 30.8 Å². The van der Waals surface area contributed by atoms with E-state index in [1.807, 2.05) is 0 Å². The van der Waals surface area contributed by atoms with Crippen molar-refractivity contribution in [1.82, 2.24) is 4.31 Å². The molecule has 0 radical (unpaired) electrons. The first-order chi connectivity index (χ1) is 20.0. The normalized spacial score (nSPS) is 11.5. The van der Waals surface area contributed by atoms with E-state index < -0.39 is 39.3 Å². The molecule has 0 aliphatic carbocycles. The highest BCUT2D eigenvalue weighted by atomic mass is 32.2. The number of esters is 1. The second kappa shape index (κ2) is 13.2. The van der Waals surface area contributed by atoms with Gasteiger partial charge >= 0.3 is 5.97 Å². The molecule has 0 spiro atoms. The average Bonchev–Trinajstić information content (AvgIpc) is 2.97. The Kier molecular flexibility index (Phi) is 9.64. The zero-order valence-electron chi connectivity index (χ0n) is 22.7. The van der Waals surface area contributed by atoms with Crippen molar-refractivity contribution in [2.75, 3.05) is 13.7 Å². The van der Waals surface area contributed by atoms with Crippen molar-refractivity contribution in [2.24, 2.45) is 0 Å². The van der Waals surface area contributed by atoms with E-state index in [2.05, 4.69) is 0 Å². The number of hydrogen-bond donors (Lipinski definition) is 0. The van der Waals surface area contributed by atoms with E-state index in [0.717, 1.165) is 34.1 Å². The highest BCUT2D eigenvalue weighted by molar-refractivity contribution is 7.89. The van der Waals surface area contributed by atoms with Gasteiger partial charge in [-0.15, -0.1) is 0 Å². The Bertz CT molecular complexity index is 1690. The predicted molar refractivity (Wildman–Crippen MR) is 147 cm³/mol. The highest BCUT2D eigenvalue weighted by Crippen LogP contribution is 2.24. The van der Waals surface area contributed by atoms with Crippen LogP contribution in [0.1, 0.15) is 32.6 Å². The summed E-state index contributed by atoms with van der Waals surface area (Å²) in [6.45, 7) is 1.38. The van der Waals surface area contributed by atoms with Gasteiger partial charge in [0.1, 0.15) is 12.4 Å². The predicted octanol–water partition coefficient (Wildman–Crippen LogP) is 6.35. The summed E-state index contributed by atoms with van der Waals surface area (Å²) in [5.74, 6) is -4.31. The Morgan fingerprint density at radius 1 is 0.762 bits per heavy atom. The van der Waals surface area contributed by atoms with Gasteiger partial charge in [-0.3, -0.25) is 0 Å². The minimum Gasteiger partial charge on any atom is -0.489 e. The first-order valence-electron chi connectivity index (χ1n) is 12.8. The fourth-order valence-electron chi connectivity index (χ4n) is 4.17. The van der Waals surface area contributed by atoms with Crippen LogP contribution in [0, 0.1) is 30.2 Å². The lowest BCUT2D eigenvalue weighted by Gasteiger charge is -2.23. The lowest BCUT2D eigenvalue weighted by atomic mass is 10.1. The summed E-state index contributed by atoms with van der Waals surface area (Å²) in [5.41, 5.74) is 2.05. The lowest BCUT2D eigenvalue weighted by molar-refractivity contribution is 0.0599.